The molecule has 2 unspecified atom stereocenters. The molecule has 0 aliphatic carbocycles. The highest BCUT2D eigenvalue weighted by atomic mass is 79.9. The first kappa shape index (κ1) is 39.3. The lowest BCUT2D eigenvalue weighted by molar-refractivity contribution is -0.167. The van der Waals surface area contributed by atoms with Crippen LogP contribution in [0.2, 0.25) is 0 Å². The molecule has 0 radical (unpaired) electrons. The quantitative estimate of drug-likeness (QED) is 0.0306. The van der Waals surface area contributed by atoms with E-state index in [1.165, 1.54) is 89.9 Å². The number of ether oxygens (including phenoxy) is 3. The molecule has 0 heterocycles. The summed E-state index contributed by atoms with van der Waals surface area (Å²) in [6.45, 7) is 5.23. The van der Waals surface area contributed by atoms with Gasteiger partial charge in [-0.05, 0) is 51.4 Å². The summed E-state index contributed by atoms with van der Waals surface area (Å²) in [4.78, 5) is 0. The summed E-state index contributed by atoms with van der Waals surface area (Å²) in [6.07, 6.45) is 37.2. The molecule has 0 rings (SSSR count). The molecule has 5 heteroatoms. The highest BCUT2D eigenvalue weighted by Crippen LogP contribution is 2.17. The lowest BCUT2D eigenvalue weighted by atomic mass is 10.0. The predicted molar refractivity (Wildman–Crippen MR) is 179 cm³/mol. The van der Waals surface area contributed by atoms with Crippen LogP contribution in [-0.2, 0) is 14.2 Å². The third-order valence-electron chi connectivity index (χ3n) is 7.23. The Morgan fingerprint density at radius 3 is 1.21 bits per heavy atom. The maximum atomic E-state index is 6.19. The van der Waals surface area contributed by atoms with Crippen LogP contribution in [0.15, 0.2) is 24.3 Å². The Hall–Kier alpha value is 0.320. The summed E-state index contributed by atoms with van der Waals surface area (Å²) in [7, 11) is 0. The number of rotatable bonds is 32. The van der Waals surface area contributed by atoms with E-state index in [9.17, 15) is 0 Å². The minimum Gasteiger partial charge on any atom is -0.352 e. The molecule has 0 amide bonds. The maximum absolute atomic E-state index is 6.19. The molecule has 0 fully saturated rings. The van der Waals surface area contributed by atoms with Crippen LogP contribution in [-0.4, -0.2) is 36.5 Å². The van der Waals surface area contributed by atoms with E-state index in [-0.39, 0.29) is 12.2 Å². The lowest BCUT2D eigenvalue weighted by Gasteiger charge is -2.20. The molecule has 0 N–H and O–H groups in total. The Labute approximate surface area is 260 Å². The second kappa shape index (κ2) is 34.5. The highest BCUT2D eigenvalue weighted by molar-refractivity contribution is 9.09. The van der Waals surface area contributed by atoms with Gasteiger partial charge in [-0.15, -0.1) is 0 Å². The molecule has 39 heavy (non-hydrogen) atoms. The molecule has 0 aromatic heterocycles. The molecular formula is C34H64Br2O3. The first-order valence-electron chi connectivity index (χ1n) is 16.5. The van der Waals surface area contributed by atoms with Crippen molar-refractivity contribution in [3.05, 3.63) is 24.3 Å². The average molecular weight is 681 g/mol. The molecule has 232 valence electrons. The molecule has 0 spiro atoms. The van der Waals surface area contributed by atoms with Gasteiger partial charge in [-0.2, -0.15) is 0 Å². The Bertz CT molecular complexity index is 469. The zero-order valence-corrected chi connectivity index (χ0v) is 29.0. The topological polar surface area (TPSA) is 27.7 Å². The van der Waals surface area contributed by atoms with E-state index in [4.69, 9.17) is 14.2 Å². The van der Waals surface area contributed by atoms with Gasteiger partial charge in [0, 0.05) is 10.7 Å². The molecule has 0 bridgehead atoms. The minimum atomic E-state index is 0.275. The molecule has 2 atom stereocenters. The molecule has 0 aliphatic heterocycles. The molecule has 0 aromatic rings. The molecule has 0 saturated carbocycles. The van der Waals surface area contributed by atoms with Crippen molar-refractivity contribution < 1.29 is 14.2 Å². The van der Waals surface area contributed by atoms with Crippen LogP contribution in [0.5, 0.6) is 0 Å². The van der Waals surface area contributed by atoms with Crippen LogP contribution in [0.25, 0.3) is 0 Å². The molecule has 3 nitrogen and oxygen atoms in total. The van der Waals surface area contributed by atoms with Crippen LogP contribution in [0, 0.1) is 0 Å². The minimum absolute atomic E-state index is 0.275. The second-order valence-electron chi connectivity index (χ2n) is 10.9. The number of hydrogen-bond donors (Lipinski definition) is 0. The predicted octanol–water partition coefficient (Wildman–Crippen LogP) is 12.2. The Balaban J connectivity index is 4.35. The molecule has 0 aromatic carbocycles. The van der Waals surface area contributed by atoms with Crippen molar-refractivity contribution in [2.75, 3.05) is 24.2 Å². The van der Waals surface area contributed by atoms with Crippen LogP contribution in [0.1, 0.15) is 155 Å². The standard InChI is InChI=1S/C34H64Br2O3/c1-3-5-7-9-11-13-19-25-33(27-21-15-17-23-29-35)38-31-37-32-39-34(28-22-16-18-24-30-36)26-20-14-12-10-8-6-4-2/h15-18,33-34H,3-14,19-32H2,1-2H3/b17-15+,18-16+. The van der Waals surface area contributed by atoms with Gasteiger partial charge in [-0.25, -0.2) is 0 Å². The van der Waals surface area contributed by atoms with E-state index >= 15 is 0 Å². The largest absolute Gasteiger partial charge is 0.352 e. The van der Waals surface area contributed by atoms with Gasteiger partial charge in [0.2, 0.25) is 0 Å². The van der Waals surface area contributed by atoms with E-state index in [1.54, 1.807) is 0 Å². The number of alkyl halides is 2. The fourth-order valence-corrected chi connectivity index (χ4v) is 5.29. The monoisotopic (exact) mass is 678 g/mol. The highest BCUT2D eigenvalue weighted by Gasteiger charge is 2.11. The normalized spacial score (nSPS) is 13.6. The van der Waals surface area contributed by atoms with E-state index < -0.39 is 0 Å². The zero-order chi connectivity index (χ0) is 28.5. The van der Waals surface area contributed by atoms with Crippen molar-refractivity contribution in [1.82, 2.24) is 0 Å². The van der Waals surface area contributed by atoms with E-state index in [0.29, 0.717) is 13.6 Å². The van der Waals surface area contributed by atoms with Gasteiger partial charge in [0.25, 0.3) is 0 Å². The summed E-state index contributed by atoms with van der Waals surface area (Å²) in [6, 6.07) is 0. The smallest absolute Gasteiger partial charge is 0.149 e. The van der Waals surface area contributed by atoms with Gasteiger partial charge in [0.1, 0.15) is 13.6 Å². The van der Waals surface area contributed by atoms with Crippen molar-refractivity contribution in [1.29, 1.82) is 0 Å². The zero-order valence-electron chi connectivity index (χ0n) is 25.8. The van der Waals surface area contributed by atoms with Gasteiger partial charge < -0.3 is 14.2 Å². The van der Waals surface area contributed by atoms with Crippen molar-refractivity contribution in [2.24, 2.45) is 0 Å². The number of unbranched alkanes of at least 4 members (excludes halogenated alkanes) is 12. The van der Waals surface area contributed by atoms with Gasteiger partial charge in [0.15, 0.2) is 0 Å². The number of hydrogen-bond acceptors (Lipinski definition) is 3. The Kier molecular flexibility index (Phi) is 34.8. The summed E-state index contributed by atoms with van der Waals surface area (Å²) >= 11 is 6.99. The second-order valence-corrected chi connectivity index (χ2v) is 12.5. The number of allylic oxidation sites excluding steroid dienone is 4. The Morgan fingerprint density at radius 2 is 0.821 bits per heavy atom. The lowest BCUT2D eigenvalue weighted by Crippen LogP contribution is -2.19. The van der Waals surface area contributed by atoms with Crippen molar-refractivity contribution >= 4 is 31.9 Å². The van der Waals surface area contributed by atoms with Crippen LogP contribution in [0.3, 0.4) is 0 Å². The summed E-state index contributed by atoms with van der Waals surface area (Å²) in [5.74, 6) is 0. The maximum Gasteiger partial charge on any atom is 0.149 e. The van der Waals surface area contributed by atoms with Crippen molar-refractivity contribution in [3.8, 4) is 0 Å². The third-order valence-corrected chi connectivity index (χ3v) is 8.14. The van der Waals surface area contributed by atoms with E-state index in [0.717, 1.165) is 62.0 Å². The summed E-state index contributed by atoms with van der Waals surface area (Å²) in [5.41, 5.74) is 0. The van der Waals surface area contributed by atoms with Crippen LogP contribution in [0.4, 0.5) is 0 Å². The van der Waals surface area contributed by atoms with E-state index in [1.807, 2.05) is 0 Å². The SMILES string of the molecule is CCCCCCCCCC(CC/C=C/CCBr)OCOCOC(CC/C=C/CCBr)CCCCCCCCC. The Morgan fingerprint density at radius 1 is 0.462 bits per heavy atom. The summed E-state index contributed by atoms with van der Waals surface area (Å²) in [5, 5.41) is 2.06. The molecule has 0 saturated heterocycles. The van der Waals surface area contributed by atoms with Gasteiger partial charge in [0.05, 0.1) is 12.2 Å². The first-order chi connectivity index (χ1) is 19.3. The summed E-state index contributed by atoms with van der Waals surface area (Å²) < 4.78 is 18.2. The molecule has 0 aliphatic rings. The van der Waals surface area contributed by atoms with Crippen LogP contribution >= 0.6 is 31.9 Å². The average Bonchev–Trinajstić information content (AvgIpc) is 2.94. The molecular weight excluding hydrogens is 616 g/mol. The van der Waals surface area contributed by atoms with Gasteiger partial charge in [-0.1, -0.05) is 160 Å². The van der Waals surface area contributed by atoms with Crippen LogP contribution < -0.4 is 0 Å². The fourth-order valence-electron chi connectivity index (χ4n) is 4.76. The van der Waals surface area contributed by atoms with Crippen molar-refractivity contribution in [3.63, 3.8) is 0 Å². The van der Waals surface area contributed by atoms with Crippen molar-refractivity contribution in [2.45, 2.75) is 167 Å². The first-order valence-corrected chi connectivity index (χ1v) is 18.8. The van der Waals surface area contributed by atoms with Gasteiger partial charge in [-0.3, -0.25) is 0 Å². The van der Waals surface area contributed by atoms with Gasteiger partial charge >= 0.3 is 0 Å². The fraction of sp³-hybridized carbons (Fsp3) is 0.882. The van der Waals surface area contributed by atoms with E-state index in [2.05, 4.69) is 70.0 Å². The number of halogens is 2. The third kappa shape index (κ3) is 31.1.